The van der Waals surface area contributed by atoms with Crippen molar-refractivity contribution in [2.24, 2.45) is 5.92 Å². The molecule has 0 aliphatic heterocycles. The van der Waals surface area contributed by atoms with E-state index in [1.165, 1.54) is 12.1 Å². The van der Waals surface area contributed by atoms with Gasteiger partial charge in [0.1, 0.15) is 0 Å². The Balaban J connectivity index is 2.14. The molecule has 0 atom stereocenters. The van der Waals surface area contributed by atoms with Crippen molar-refractivity contribution in [3.05, 3.63) is 64.2 Å². The lowest BCUT2D eigenvalue weighted by Gasteiger charge is -2.13. The minimum absolute atomic E-state index is 0.00970. The van der Waals surface area contributed by atoms with Gasteiger partial charge in [-0.3, -0.25) is 24.5 Å². The summed E-state index contributed by atoms with van der Waals surface area (Å²) in [6, 6.07) is 12.6. The molecule has 0 spiro atoms. The van der Waals surface area contributed by atoms with Crippen LogP contribution in [0.15, 0.2) is 48.5 Å². The van der Waals surface area contributed by atoms with Crippen LogP contribution in [-0.4, -0.2) is 35.9 Å². The molecule has 0 saturated carbocycles. The molecule has 0 unspecified atom stereocenters. The highest BCUT2D eigenvalue weighted by Crippen LogP contribution is 2.23. The first-order valence-corrected chi connectivity index (χ1v) is 9.08. The van der Waals surface area contributed by atoms with Crippen molar-refractivity contribution in [2.45, 2.75) is 20.3 Å². The zero-order valence-electron chi connectivity index (χ0n) is 16.1. The van der Waals surface area contributed by atoms with E-state index in [0.29, 0.717) is 5.56 Å². The molecule has 29 heavy (non-hydrogen) atoms. The average molecular weight is 399 g/mol. The summed E-state index contributed by atoms with van der Waals surface area (Å²) in [7, 11) is 0. The van der Waals surface area contributed by atoms with Crippen molar-refractivity contribution in [3.8, 4) is 11.1 Å². The van der Waals surface area contributed by atoms with E-state index in [1.54, 1.807) is 50.2 Å². The molecule has 0 amide bonds. The van der Waals surface area contributed by atoms with E-state index >= 15 is 0 Å². The molecule has 0 radical (unpaired) electrons. The van der Waals surface area contributed by atoms with Crippen molar-refractivity contribution in [3.63, 3.8) is 0 Å². The van der Waals surface area contributed by atoms with Crippen molar-refractivity contribution in [1.82, 2.24) is 0 Å². The van der Waals surface area contributed by atoms with E-state index in [2.05, 4.69) is 0 Å². The van der Waals surface area contributed by atoms with Gasteiger partial charge >= 0.3 is 11.9 Å². The predicted octanol–water partition coefficient (Wildman–Crippen LogP) is 3.58. The van der Waals surface area contributed by atoms with Gasteiger partial charge in [0.25, 0.3) is 5.69 Å². The molecule has 0 saturated heterocycles. The fourth-order valence-electron chi connectivity index (χ4n) is 2.68. The number of nitrogens with zero attached hydrogens (tertiary/aromatic N) is 1. The number of hydrogen-bond acceptors (Lipinski definition) is 7. The number of nitro benzene ring substituents is 1. The van der Waals surface area contributed by atoms with Gasteiger partial charge in [0.05, 0.1) is 18.1 Å². The van der Waals surface area contributed by atoms with Gasteiger partial charge in [-0.2, -0.15) is 0 Å². The third-order valence-electron chi connectivity index (χ3n) is 4.15. The van der Waals surface area contributed by atoms with Crippen molar-refractivity contribution in [2.75, 3.05) is 13.2 Å². The second-order valence-electron chi connectivity index (χ2n) is 6.07. The van der Waals surface area contributed by atoms with Crippen LogP contribution in [0, 0.1) is 16.0 Å². The Morgan fingerprint density at radius 3 is 1.72 bits per heavy atom. The van der Waals surface area contributed by atoms with Crippen LogP contribution in [0.4, 0.5) is 5.69 Å². The average Bonchev–Trinajstić information content (AvgIpc) is 2.72. The summed E-state index contributed by atoms with van der Waals surface area (Å²) >= 11 is 0. The summed E-state index contributed by atoms with van der Waals surface area (Å²) in [6.45, 7) is 3.40. The molecule has 2 aromatic rings. The van der Waals surface area contributed by atoms with Crippen LogP contribution < -0.4 is 0 Å². The van der Waals surface area contributed by atoms with E-state index in [0.717, 1.165) is 11.1 Å². The Kier molecular flexibility index (Phi) is 7.59. The van der Waals surface area contributed by atoms with Crippen LogP contribution in [0.5, 0.6) is 0 Å². The fourth-order valence-corrected chi connectivity index (χ4v) is 2.68. The number of hydrogen-bond donors (Lipinski definition) is 0. The molecule has 0 N–H and O–H groups in total. The maximum absolute atomic E-state index is 12.5. The van der Waals surface area contributed by atoms with Crippen LogP contribution >= 0.6 is 0 Å². The Morgan fingerprint density at radius 2 is 1.31 bits per heavy atom. The Bertz CT molecular complexity index is 870. The van der Waals surface area contributed by atoms with Crippen molar-refractivity contribution >= 4 is 23.4 Å². The molecule has 8 heteroatoms. The van der Waals surface area contributed by atoms with Crippen LogP contribution in [0.1, 0.15) is 30.6 Å². The Hall–Kier alpha value is -3.55. The molecule has 0 heterocycles. The first-order valence-electron chi connectivity index (χ1n) is 9.08. The summed E-state index contributed by atoms with van der Waals surface area (Å²) in [5.41, 5.74) is 1.84. The third-order valence-corrected chi connectivity index (χ3v) is 4.15. The topological polar surface area (TPSA) is 113 Å². The molecule has 0 fully saturated rings. The zero-order chi connectivity index (χ0) is 21.4. The van der Waals surface area contributed by atoms with E-state index < -0.39 is 28.6 Å². The number of esters is 2. The van der Waals surface area contributed by atoms with Crippen LogP contribution in [-0.2, 0) is 19.1 Å². The zero-order valence-corrected chi connectivity index (χ0v) is 16.1. The number of carbonyl (C=O) groups excluding carboxylic acids is 3. The Labute approximate surface area is 167 Å². The molecule has 0 aliphatic rings. The maximum atomic E-state index is 12.5. The van der Waals surface area contributed by atoms with Crippen LogP contribution in [0.25, 0.3) is 11.1 Å². The molecule has 8 nitrogen and oxygen atoms in total. The van der Waals surface area contributed by atoms with Gasteiger partial charge in [-0.15, -0.1) is 0 Å². The first-order chi connectivity index (χ1) is 13.9. The minimum atomic E-state index is -1.31. The second-order valence-corrected chi connectivity index (χ2v) is 6.07. The Morgan fingerprint density at radius 1 is 0.862 bits per heavy atom. The highest BCUT2D eigenvalue weighted by atomic mass is 16.6. The fraction of sp³-hybridized carbons (Fsp3) is 0.286. The normalized spacial score (nSPS) is 10.4. The van der Waals surface area contributed by atoms with Gasteiger partial charge in [0.15, 0.2) is 11.7 Å². The molecule has 0 aromatic heterocycles. The minimum Gasteiger partial charge on any atom is -0.465 e. The maximum Gasteiger partial charge on any atom is 0.320 e. The van der Waals surface area contributed by atoms with Gasteiger partial charge in [0, 0.05) is 24.1 Å². The summed E-state index contributed by atoms with van der Waals surface area (Å²) in [5, 5.41) is 10.7. The summed E-state index contributed by atoms with van der Waals surface area (Å²) in [5.74, 6) is -3.29. The van der Waals surface area contributed by atoms with Gasteiger partial charge in [-0.25, -0.2) is 0 Å². The molecule has 2 aromatic carbocycles. The van der Waals surface area contributed by atoms with Gasteiger partial charge in [-0.05, 0) is 37.1 Å². The lowest BCUT2D eigenvalue weighted by Crippen LogP contribution is -2.30. The number of nitro groups is 1. The van der Waals surface area contributed by atoms with E-state index in [-0.39, 0.29) is 25.3 Å². The van der Waals surface area contributed by atoms with Gasteiger partial charge in [-0.1, -0.05) is 24.3 Å². The number of Topliss-reactive ketones (excluding diaryl/α,β-unsaturated/α-hetero) is 1. The quantitative estimate of drug-likeness (QED) is 0.208. The van der Waals surface area contributed by atoms with Gasteiger partial charge in [0.2, 0.25) is 0 Å². The SMILES string of the molecule is CCOC(=O)C(CC(=O)c1ccc(-c2ccc([N+](=O)[O-])cc2)cc1)C(=O)OCC. The molecular weight excluding hydrogens is 378 g/mol. The molecule has 2 rings (SSSR count). The number of non-ortho nitro benzene ring substituents is 1. The molecule has 0 aliphatic carbocycles. The lowest BCUT2D eigenvalue weighted by atomic mass is 9.96. The summed E-state index contributed by atoms with van der Waals surface area (Å²) < 4.78 is 9.74. The van der Waals surface area contributed by atoms with Gasteiger partial charge < -0.3 is 9.47 Å². The number of ketones is 1. The van der Waals surface area contributed by atoms with Crippen molar-refractivity contribution in [1.29, 1.82) is 0 Å². The lowest BCUT2D eigenvalue weighted by molar-refractivity contribution is -0.384. The smallest absolute Gasteiger partial charge is 0.320 e. The third kappa shape index (κ3) is 5.71. The molecule has 0 bridgehead atoms. The van der Waals surface area contributed by atoms with E-state index in [9.17, 15) is 24.5 Å². The van der Waals surface area contributed by atoms with Crippen LogP contribution in [0.2, 0.25) is 0 Å². The largest absolute Gasteiger partial charge is 0.465 e. The number of rotatable bonds is 9. The molecule has 152 valence electrons. The number of ether oxygens (including phenoxy) is 2. The van der Waals surface area contributed by atoms with Crippen LogP contribution in [0.3, 0.4) is 0 Å². The summed E-state index contributed by atoms with van der Waals surface area (Å²) in [6.07, 6.45) is -0.353. The monoisotopic (exact) mass is 399 g/mol. The van der Waals surface area contributed by atoms with E-state index in [1.807, 2.05) is 0 Å². The highest BCUT2D eigenvalue weighted by molar-refractivity contribution is 6.04. The standard InChI is InChI=1S/C21H21NO7/c1-3-28-20(24)18(21(25)29-4-2)13-19(23)16-7-5-14(6-8-16)15-9-11-17(12-10-15)22(26)27/h5-12,18H,3-4,13H2,1-2H3. The predicted molar refractivity (Wildman–Crippen MR) is 104 cm³/mol. The summed E-state index contributed by atoms with van der Waals surface area (Å²) in [4.78, 5) is 46.8. The second kappa shape index (κ2) is 10.1. The first kappa shape index (κ1) is 21.7. The van der Waals surface area contributed by atoms with E-state index in [4.69, 9.17) is 9.47 Å². The van der Waals surface area contributed by atoms with Crippen molar-refractivity contribution < 1.29 is 28.8 Å². The highest BCUT2D eigenvalue weighted by Gasteiger charge is 2.32. The molecular formula is C21H21NO7. The number of carbonyl (C=O) groups is 3. The number of benzene rings is 2.